The van der Waals surface area contributed by atoms with Crippen molar-refractivity contribution in [2.45, 2.75) is 4.90 Å². The molecule has 0 spiro atoms. The Balaban J connectivity index is 1.97. The lowest BCUT2D eigenvalue weighted by Gasteiger charge is -2.24. The monoisotopic (exact) mass is 430 g/mol. The SMILES string of the molecule is COc1cccc(N(CC(=O)Nc2ccccc2Cl)S(=O)(=O)c2ccccc2)c1. The van der Waals surface area contributed by atoms with Gasteiger partial charge in [-0.1, -0.05) is 48.0 Å². The van der Waals surface area contributed by atoms with Gasteiger partial charge in [0.05, 0.1) is 28.4 Å². The van der Waals surface area contributed by atoms with Crippen molar-refractivity contribution in [3.8, 4) is 5.75 Å². The van der Waals surface area contributed by atoms with E-state index in [0.717, 1.165) is 4.31 Å². The molecule has 3 aromatic carbocycles. The molecule has 0 unspecified atom stereocenters. The third-order valence-electron chi connectivity index (χ3n) is 4.11. The van der Waals surface area contributed by atoms with Crippen LogP contribution in [0.15, 0.2) is 83.8 Å². The van der Waals surface area contributed by atoms with Crippen LogP contribution in [0.2, 0.25) is 5.02 Å². The third kappa shape index (κ3) is 4.88. The fourth-order valence-corrected chi connectivity index (χ4v) is 4.30. The minimum atomic E-state index is -3.99. The molecule has 0 fully saturated rings. The molecule has 0 saturated carbocycles. The second kappa shape index (κ2) is 8.98. The Morgan fingerprint density at radius 2 is 1.69 bits per heavy atom. The van der Waals surface area contributed by atoms with Gasteiger partial charge in [0.1, 0.15) is 12.3 Å². The van der Waals surface area contributed by atoms with Crippen molar-refractivity contribution in [1.29, 1.82) is 0 Å². The summed E-state index contributed by atoms with van der Waals surface area (Å²) in [6.07, 6.45) is 0. The minimum Gasteiger partial charge on any atom is -0.497 e. The second-order valence-electron chi connectivity index (χ2n) is 6.05. The molecule has 0 aliphatic rings. The molecule has 0 heterocycles. The minimum absolute atomic E-state index is 0.0772. The van der Waals surface area contributed by atoms with Crippen LogP contribution >= 0.6 is 11.6 Å². The molecule has 0 aliphatic carbocycles. The van der Waals surface area contributed by atoms with Crippen LogP contribution in [0.4, 0.5) is 11.4 Å². The zero-order valence-corrected chi connectivity index (χ0v) is 17.2. The van der Waals surface area contributed by atoms with Crippen LogP contribution in [0, 0.1) is 0 Å². The van der Waals surface area contributed by atoms with E-state index in [1.54, 1.807) is 66.7 Å². The first kappa shape index (κ1) is 20.7. The highest BCUT2D eigenvalue weighted by molar-refractivity contribution is 7.92. The van der Waals surface area contributed by atoms with Crippen molar-refractivity contribution < 1.29 is 17.9 Å². The highest BCUT2D eigenvalue weighted by Crippen LogP contribution is 2.27. The number of carbonyl (C=O) groups excluding carboxylic acids is 1. The van der Waals surface area contributed by atoms with Crippen molar-refractivity contribution in [1.82, 2.24) is 0 Å². The van der Waals surface area contributed by atoms with E-state index in [4.69, 9.17) is 16.3 Å². The lowest BCUT2D eigenvalue weighted by molar-refractivity contribution is -0.114. The first-order valence-electron chi connectivity index (χ1n) is 8.68. The maximum absolute atomic E-state index is 13.3. The normalized spacial score (nSPS) is 11.0. The van der Waals surface area contributed by atoms with E-state index < -0.39 is 22.5 Å². The van der Waals surface area contributed by atoms with Crippen molar-refractivity contribution in [3.63, 3.8) is 0 Å². The molecule has 1 N–H and O–H groups in total. The van der Waals surface area contributed by atoms with Crippen molar-refractivity contribution in [2.24, 2.45) is 0 Å². The number of amides is 1. The van der Waals surface area contributed by atoms with E-state index in [2.05, 4.69) is 5.32 Å². The Morgan fingerprint density at radius 3 is 2.38 bits per heavy atom. The number of hydrogen-bond donors (Lipinski definition) is 1. The number of anilines is 2. The molecule has 1 amide bonds. The Bertz CT molecular complexity index is 1100. The number of ether oxygens (including phenoxy) is 1. The molecule has 3 rings (SSSR count). The summed E-state index contributed by atoms with van der Waals surface area (Å²) in [5.41, 5.74) is 0.712. The number of para-hydroxylation sites is 1. The number of hydrogen-bond acceptors (Lipinski definition) is 4. The summed E-state index contributed by atoms with van der Waals surface area (Å²) in [4.78, 5) is 12.8. The van der Waals surface area contributed by atoms with Crippen molar-refractivity contribution in [2.75, 3.05) is 23.3 Å². The van der Waals surface area contributed by atoms with Crippen molar-refractivity contribution >= 4 is 38.9 Å². The number of methoxy groups -OCH3 is 1. The van der Waals surface area contributed by atoms with Gasteiger partial charge in [-0.25, -0.2) is 8.42 Å². The summed E-state index contributed by atoms with van der Waals surface area (Å²) >= 11 is 6.08. The van der Waals surface area contributed by atoms with Gasteiger partial charge < -0.3 is 10.1 Å². The maximum atomic E-state index is 13.3. The summed E-state index contributed by atoms with van der Waals surface area (Å²) in [6.45, 7) is -0.435. The zero-order valence-electron chi connectivity index (χ0n) is 15.6. The molecule has 0 aromatic heterocycles. The molecular weight excluding hydrogens is 412 g/mol. The molecular formula is C21H19ClN2O4S. The number of rotatable bonds is 7. The number of nitrogens with one attached hydrogen (secondary N) is 1. The van der Waals surface area contributed by atoms with E-state index in [1.807, 2.05) is 0 Å². The van der Waals surface area contributed by atoms with Gasteiger partial charge in [-0.15, -0.1) is 0 Å². The molecule has 29 heavy (non-hydrogen) atoms. The molecule has 0 saturated heterocycles. The number of carbonyl (C=O) groups is 1. The highest BCUT2D eigenvalue weighted by atomic mass is 35.5. The van der Waals surface area contributed by atoms with Gasteiger partial charge >= 0.3 is 0 Å². The van der Waals surface area contributed by atoms with Gasteiger partial charge in [0.15, 0.2) is 0 Å². The van der Waals surface area contributed by atoms with Gasteiger partial charge in [-0.2, -0.15) is 0 Å². The number of sulfonamides is 1. The number of nitrogens with zero attached hydrogens (tertiary/aromatic N) is 1. The van der Waals surface area contributed by atoms with E-state index in [1.165, 1.54) is 19.2 Å². The zero-order chi connectivity index (χ0) is 20.9. The fraction of sp³-hybridized carbons (Fsp3) is 0.0952. The molecule has 0 aliphatic heterocycles. The first-order chi connectivity index (χ1) is 13.9. The fourth-order valence-electron chi connectivity index (χ4n) is 2.68. The van der Waals surface area contributed by atoms with Gasteiger partial charge in [-0.05, 0) is 36.4 Å². The summed E-state index contributed by atoms with van der Waals surface area (Å²) in [5.74, 6) is -0.0531. The van der Waals surface area contributed by atoms with Crippen LogP contribution in [0.5, 0.6) is 5.75 Å². The third-order valence-corrected chi connectivity index (χ3v) is 6.23. The van der Waals surface area contributed by atoms with Crippen LogP contribution in [-0.4, -0.2) is 28.0 Å². The second-order valence-corrected chi connectivity index (χ2v) is 8.32. The summed E-state index contributed by atoms with van der Waals surface area (Å²) in [7, 11) is -2.51. The predicted octanol–water partition coefficient (Wildman–Crippen LogP) is 4.18. The molecule has 0 bridgehead atoms. The summed E-state index contributed by atoms with van der Waals surface area (Å²) < 4.78 is 32.8. The molecule has 8 heteroatoms. The largest absolute Gasteiger partial charge is 0.497 e. The first-order valence-corrected chi connectivity index (χ1v) is 10.5. The molecule has 0 atom stereocenters. The Kier molecular flexibility index (Phi) is 6.41. The molecule has 6 nitrogen and oxygen atoms in total. The standard InChI is InChI=1S/C21H19ClN2O4S/c1-28-17-9-7-8-16(14-17)24(29(26,27)18-10-3-2-4-11-18)15-21(25)23-20-13-6-5-12-19(20)22/h2-14H,15H2,1H3,(H,23,25). The van der Waals surface area contributed by atoms with Crippen LogP contribution < -0.4 is 14.4 Å². The van der Waals surface area contributed by atoms with Crippen molar-refractivity contribution in [3.05, 3.63) is 83.9 Å². The van der Waals surface area contributed by atoms with Gasteiger partial charge in [-0.3, -0.25) is 9.10 Å². The van der Waals surface area contributed by atoms with E-state index in [-0.39, 0.29) is 4.90 Å². The van der Waals surface area contributed by atoms with E-state index in [0.29, 0.717) is 22.1 Å². The van der Waals surface area contributed by atoms with E-state index >= 15 is 0 Å². The van der Waals surface area contributed by atoms with E-state index in [9.17, 15) is 13.2 Å². The maximum Gasteiger partial charge on any atom is 0.264 e. The molecule has 150 valence electrons. The van der Waals surface area contributed by atoms with Crippen LogP contribution in [-0.2, 0) is 14.8 Å². The van der Waals surface area contributed by atoms with Crippen LogP contribution in [0.1, 0.15) is 0 Å². The highest BCUT2D eigenvalue weighted by Gasteiger charge is 2.27. The average Bonchev–Trinajstić information content (AvgIpc) is 2.74. The summed E-state index contributed by atoms with van der Waals surface area (Å²) in [6, 6.07) is 21.2. The predicted molar refractivity (Wildman–Crippen MR) is 114 cm³/mol. The summed E-state index contributed by atoms with van der Waals surface area (Å²) in [5, 5.41) is 3.02. The number of halogens is 1. The Labute approximate surface area is 174 Å². The van der Waals surface area contributed by atoms with Gasteiger partial charge in [0, 0.05) is 6.07 Å². The Morgan fingerprint density at radius 1 is 1.00 bits per heavy atom. The molecule has 0 radical (unpaired) electrons. The topological polar surface area (TPSA) is 75.7 Å². The Hall–Kier alpha value is -3.03. The molecule has 3 aromatic rings. The average molecular weight is 431 g/mol. The smallest absolute Gasteiger partial charge is 0.264 e. The quantitative estimate of drug-likeness (QED) is 0.610. The number of benzene rings is 3. The van der Waals surface area contributed by atoms with Crippen LogP contribution in [0.3, 0.4) is 0 Å². The van der Waals surface area contributed by atoms with Crippen LogP contribution in [0.25, 0.3) is 0 Å². The lowest BCUT2D eigenvalue weighted by atomic mass is 10.3. The van der Waals surface area contributed by atoms with Gasteiger partial charge in [0.25, 0.3) is 10.0 Å². The van der Waals surface area contributed by atoms with Gasteiger partial charge in [0.2, 0.25) is 5.91 Å². The lowest BCUT2D eigenvalue weighted by Crippen LogP contribution is -2.38.